The zero-order valence-electron chi connectivity index (χ0n) is 19.0. The number of benzene rings is 2. The maximum absolute atomic E-state index is 4.30. The molecule has 0 bridgehead atoms. The second-order valence-electron chi connectivity index (χ2n) is 9.62. The number of hydrogen-bond donors (Lipinski definition) is 0. The molecule has 0 spiro atoms. The molecule has 0 amide bonds. The summed E-state index contributed by atoms with van der Waals surface area (Å²) in [7, 11) is 2.17. The third-order valence-electron chi connectivity index (χ3n) is 5.82. The number of fused-ring (bicyclic) bond motifs is 1. The van der Waals surface area contributed by atoms with Gasteiger partial charge in [-0.1, -0.05) is 51.1 Å². The standard InChI is InChI=1S/C28H31N2/c1-19-9-11-22(23-8-7-13-29-18-23)16-26(19)27-25-12-10-21(17-28(3,4)5)15-24(25)14-20(2)30(27)6/h7-16,18H,17H2,1-6H3/q+1. The molecule has 0 fully saturated rings. The summed E-state index contributed by atoms with van der Waals surface area (Å²) in [6, 6.07) is 20.1. The Kier molecular flexibility index (Phi) is 5.19. The minimum Gasteiger partial charge on any atom is -0.264 e. The van der Waals surface area contributed by atoms with Gasteiger partial charge in [0.1, 0.15) is 7.05 Å². The first-order valence-electron chi connectivity index (χ1n) is 10.7. The Bertz CT molecular complexity index is 1220. The number of aryl methyl sites for hydroxylation is 2. The first-order chi connectivity index (χ1) is 14.2. The number of hydrogen-bond acceptors (Lipinski definition) is 1. The molecule has 30 heavy (non-hydrogen) atoms. The fourth-order valence-electron chi connectivity index (χ4n) is 4.26. The molecule has 0 aliphatic carbocycles. The van der Waals surface area contributed by atoms with Crippen molar-refractivity contribution in [2.45, 2.75) is 41.0 Å². The maximum atomic E-state index is 4.30. The molecular weight excluding hydrogens is 364 g/mol. The van der Waals surface area contributed by atoms with E-state index in [-0.39, 0.29) is 5.41 Å². The van der Waals surface area contributed by atoms with Gasteiger partial charge in [-0.15, -0.1) is 0 Å². The van der Waals surface area contributed by atoms with Crippen LogP contribution in [0.5, 0.6) is 0 Å². The highest BCUT2D eigenvalue weighted by Crippen LogP contribution is 2.33. The zero-order chi connectivity index (χ0) is 21.5. The molecular formula is C28H31N2+. The van der Waals surface area contributed by atoms with E-state index in [1.165, 1.54) is 44.4 Å². The van der Waals surface area contributed by atoms with Crippen molar-refractivity contribution in [1.82, 2.24) is 4.98 Å². The fraction of sp³-hybridized carbons (Fsp3) is 0.286. The molecule has 0 aliphatic rings. The van der Waals surface area contributed by atoms with E-state index in [1.807, 2.05) is 18.5 Å². The largest absolute Gasteiger partial charge is 0.264 e. The van der Waals surface area contributed by atoms with E-state index in [1.54, 1.807) is 0 Å². The van der Waals surface area contributed by atoms with Crippen LogP contribution in [0, 0.1) is 19.3 Å². The minimum absolute atomic E-state index is 0.277. The van der Waals surface area contributed by atoms with Crippen molar-refractivity contribution in [2.75, 3.05) is 0 Å². The highest BCUT2D eigenvalue weighted by Gasteiger charge is 2.21. The van der Waals surface area contributed by atoms with Crippen LogP contribution in [0.15, 0.2) is 67.0 Å². The van der Waals surface area contributed by atoms with Gasteiger partial charge in [0.25, 0.3) is 0 Å². The van der Waals surface area contributed by atoms with E-state index in [0.29, 0.717) is 0 Å². The maximum Gasteiger partial charge on any atom is 0.220 e. The van der Waals surface area contributed by atoms with Crippen molar-refractivity contribution in [1.29, 1.82) is 0 Å². The summed E-state index contributed by atoms with van der Waals surface area (Å²) in [5.74, 6) is 0. The summed E-state index contributed by atoms with van der Waals surface area (Å²) in [6.45, 7) is 11.3. The Hall–Kier alpha value is -3.00. The van der Waals surface area contributed by atoms with Gasteiger partial charge in [-0.25, -0.2) is 0 Å². The minimum atomic E-state index is 0.277. The third-order valence-corrected chi connectivity index (χ3v) is 5.82. The quantitative estimate of drug-likeness (QED) is 0.357. The number of nitrogens with zero attached hydrogens (tertiary/aromatic N) is 2. The van der Waals surface area contributed by atoms with Crippen molar-refractivity contribution in [3.63, 3.8) is 0 Å². The predicted molar refractivity (Wildman–Crippen MR) is 126 cm³/mol. The number of rotatable bonds is 3. The van der Waals surface area contributed by atoms with Gasteiger partial charge >= 0.3 is 0 Å². The Morgan fingerprint density at radius 2 is 1.70 bits per heavy atom. The Labute approximate surface area is 180 Å². The van der Waals surface area contributed by atoms with Crippen molar-refractivity contribution in [3.05, 3.63) is 83.8 Å². The number of pyridine rings is 2. The van der Waals surface area contributed by atoms with Crippen LogP contribution in [0.4, 0.5) is 0 Å². The fourth-order valence-corrected chi connectivity index (χ4v) is 4.26. The van der Waals surface area contributed by atoms with Gasteiger partial charge in [0.2, 0.25) is 5.69 Å². The second-order valence-corrected chi connectivity index (χ2v) is 9.62. The molecule has 4 aromatic rings. The molecule has 2 aromatic heterocycles. The average Bonchev–Trinajstić information content (AvgIpc) is 2.69. The first kappa shape index (κ1) is 20.3. The monoisotopic (exact) mass is 395 g/mol. The van der Waals surface area contributed by atoms with Gasteiger partial charge in [-0.05, 0) is 59.0 Å². The summed E-state index contributed by atoms with van der Waals surface area (Å²) in [4.78, 5) is 4.30. The molecule has 0 atom stereocenters. The van der Waals surface area contributed by atoms with Crippen molar-refractivity contribution >= 4 is 10.8 Å². The molecule has 0 N–H and O–H groups in total. The molecule has 152 valence electrons. The van der Waals surface area contributed by atoms with Crippen LogP contribution in [-0.2, 0) is 13.5 Å². The van der Waals surface area contributed by atoms with Crippen LogP contribution in [0.1, 0.15) is 37.6 Å². The van der Waals surface area contributed by atoms with E-state index in [4.69, 9.17) is 0 Å². The van der Waals surface area contributed by atoms with Crippen LogP contribution >= 0.6 is 0 Å². The van der Waals surface area contributed by atoms with Crippen LogP contribution in [0.2, 0.25) is 0 Å². The molecule has 2 nitrogen and oxygen atoms in total. The Balaban J connectivity index is 1.93. The lowest BCUT2D eigenvalue weighted by atomic mass is 9.87. The molecule has 0 aliphatic heterocycles. The molecule has 2 heteroatoms. The summed E-state index contributed by atoms with van der Waals surface area (Å²) in [6.07, 6.45) is 4.83. The lowest BCUT2D eigenvalue weighted by Crippen LogP contribution is -2.35. The van der Waals surface area contributed by atoms with Gasteiger partial charge in [0, 0.05) is 30.9 Å². The Morgan fingerprint density at radius 1 is 0.900 bits per heavy atom. The summed E-state index contributed by atoms with van der Waals surface area (Å²) < 4.78 is 2.32. The molecule has 4 rings (SSSR count). The van der Waals surface area contributed by atoms with Crippen LogP contribution in [-0.4, -0.2) is 4.98 Å². The van der Waals surface area contributed by atoms with E-state index in [2.05, 4.69) is 99.7 Å². The van der Waals surface area contributed by atoms with Gasteiger partial charge in [-0.2, -0.15) is 4.57 Å². The first-order valence-corrected chi connectivity index (χ1v) is 10.7. The van der Waals surface area contributed by atoms with Gasteiger partial charge in [0.05, 0.1) is 10.9 Å². The Morgan fingerprint density at radius 3 is 2.40 bits per heavy atom. The van der Waals surface area contributed by atoms with Gasteiger partial charge in [0.15, 0.2) is 5.69 Å². The predicted octanol–water partition coefficient (Wildman–Crippen LogP) is 6.60. The van der Waals surface area contributed by atoms with E-state index < -0.39 is 0 Å². The average molecular weight is 396 g/mol. The molecule has 2 aromatic carbocycles. The van der Waals surface area contributed by atoms with Gasteiger partial charge < -0.3 is 0 Å². The van der Waals surface area contributed by atoms with Gasteiger partial charge in [-0.3, -0.25) is 4.98 Å². The van der Waals surface area contributed by atoms with Crippen LogP contribution in [0.3, 0.4) is 0 Å². The van der Waals surface area contributed by atoms with Crippen molar-refractivity contribution in [3.8, 4) is 22.4 Å². The normalized spacial score (nSPS) is 11.8. The molecule has 0 saturated heterocycles. The molecule has 0 unspecified atom stereocenters. The smallest absolute Gasteiger partial charge is 0.220 e. The topological polar surface area (TPSA) is 16.8 Å². The highest BCUT2D eigenvalue weighted by atomic mass is 14.9. The van der Waals surface area contributed by atoms with Crippen LogP contribution in [0.25, 0.3) is 33.2 Å². The molecule has 0 radical (unpaired) electrons. The van der Waals surface area contributed by atoms with E-state index >= 15 is 0 Å². The second kappa shape index (κ2) is 7.68. The summed E-state index contributed by atoms with van der Waals surface area (Å²) in [5, 5.41) is 2.61. The SMILES string of the molecule is Cc1ccc(-c2cccnc2)cc1-c1c2ccc(CC(C)(C)C)cc2cc(C)[n+]1C. The van der Waals surface area contributed by atoms with E-state index in [0.717, 1.165) is 12.0 Å². The highest BCUT2D eigenvalue weighted by molar-refractivity contribution is 5.95. The lowest BCUT2D eigenvalue weighted by Gasteiger charge is -2.18. The van der Waals surface area contributed by atoms with E-state index in [9.17, 15) is 0 Å². The summed E-state index contributed by atoms with van der Waals surface area (Å²) >= 11 is 0. The van der Waals surface area contributed by atoms with Crippen molar-refractivity contribution in [2.24, 2.45) is 12.5 Å². The third kappa shape index (κ3) is 4.00. The molecule has 0 saturated carbocycles. The lowest BCUT2D eigenvalue weighted by molar-refractivity contribution is -0.665. The summed E-state index contributed by atoms with van der Waals surface area (Å²) in [5.41, 5.74) is 9.11. The zero-order valence-corrected chi connectivity index (χ0v) is 19.0. The van der Waals surface area contributed by atoms with Crippen molar-refractivity contribution < 1.29 is 4.57 Å². The molecule has 2 heterocycles. The van der Waals surface area contributed by atoms with Crippen LogP contribution < -0.4 is 4.57 Å². The number of aromatic nitrogens is 2.